The predicted molar refractivity (Wildman–Crippen MR) is 97.0 cm³/mol. The van der Waals surface area contributed by atoms with Crippen LogP contribution in [0.2, 0.25) is 0 Å². The van der Waals surface area contributed by atoms with Gasteiger partial charge in [-0.15, -0.1) is 0 Å². The van der Waals surface area contributed by atoms with Crippen LogP contribution in [0.15, 0.2) is 0 Å². The molecule has 0 saturated heterocycles. The van der Waals surface area contributed by atoms with E-state index in [-0.39, 0.29) is 19.3 Å². The molecule has 24 heavy (non-hydrogen) atoms. The molecule has 0 unspecified atom stereocenters. The fourth-order valence-corrected chi connectivity index (χ4v) is 1.64. The minimum absolute atomic E-state index is 0.167. The van der Waals surface area contributed by atoms with Gasteiger partial charge in [0.05, 0.1) is 13.2 Å². The second-order valence-corrected chi connectivity index (χ2v) is 6.08. The van der Waals surface area contributed by atoms with Crippen LogP contribution < -0.4 is 0 Å². The number of carboxylic acids is 1. The van der Waals surface area contributed by atoms with Crippen LogP contribution in [-0.2, 0) is 4.79 Å². The van der Waals surface area contributed by atoms with E-state index in [9.17, 15) is 4.79 Å². The van der Waals surface area contributed by atoms with Crippen molar-refractivity contribution in [2.24, 2.45) is 0 Å². The summed E-state index contributed by atoms with van der Waals surface area (Å²) in [5.74, 6) is -0.659. The standard InChI is InChI=1S/C12H24O2.C3H8O3.C3H8O/c1-2-3-4-5-6-7-8-9-10-11-12(13)14;4-1-3(6)2-5;1-3(2)4/h2-11H2,1H3,(H,13,14);3-6H,1-2H2;3-4H,1-2H3. The van der Waals surface area contributed by atoms with Crippen molar-refractivity contribution >= 4 is 5.97 Å². The molecule has 5 N–H and O–H groups in total. The van der Waals surface area contributed by atoms with Gasteiger partial charge in [0.1, 0.15) is 6.10 Å². The topological polar surface area (TPSA) is 118 Å². The summed E-state index contributed by atoms with van der Waals surface area (Å²) in [5, 5.41) is 40.5. The van der Waals surface area contributed by atoms with Crippen LogP contribution in [0.3, 0.4) is 0 Å². The average Bonchev–Trinajstić information content (AvgIpc) is 2.52. The zero-order valence-corrected chi connectivity index (χ0v) is 15.8. The van der Waals surface area contributed by atoms with Gasteiger partial charge >= 0.3 is 5.97 Å². The van der Waals surface area contributed by atoms with Crippen LogP contribution in [0.1, 0.15) is 85.0 Å². The Kier molecular flexibility index (Phi) is 28.8. The van der Waals surface area contributed by atoms with Crippen molar-refractivity contribution in [3.63, 3.8) is 0 Å². The highest BCUT2D eigenvalue weighted by Crippen LogP contribution is 2.10. The smallest absolute Gasteiger partial charge is 0.303 e. The van der Waals surface area contributed by atoms with Crippen LogP contribution in [0.25, 0.3) is 0 Å². The number of unbranched alkanes of at least 4 members (excludes halogenated alkanes) is 8. The van der Waals surface area contributed by atoms with Gasteiger partial charge in [-0.25, -0.2) is 0 Å². The molecule has 148 valence electrons. The Hall–Kier alpha value is -0.690. The highest BCUT2D eigenvalue weighted by atomic mass is 16.4. The first-order valence-corrected chi connectivity index (χ1v) is 9.11. The first kappa shape index (κ1) is 28.1. The molecule has 0 aromatic carbocycles. The Morgan fingerprint density at radius 2 is 1.12 bits per heavy atom. The summed E-state index contributed by atoms with van der Waals surface area (Å²) < 4.78 is 0. The molecule has 6 heteroatoms. The van der Waals surface area contributed by atoms with Crippen molar-refractivity contribution in [2.45, 2.75) is 97.2 Å². The number of aliphatic carboxylic acids is 1. The molecule has 0 aromatic heterocycles. The molecule has 0 rings (SSSR count). The maximum Gasteiger partial charge on any atom is 0.303 e. The Labute approximate surface area is 147 Å². The van der Waals surface area contributed by atoms with E-state index in [0.29, 0.717) is 6.42 Å². The molecule has 0 aromatic rings. The lowest BCUT2D eigenvalue weighted by atomic mass is 10.1. The van der Waals surface area contributed by atoms with E-state index in [1.807, 2.05) is 0 Å². The Morgan fingerprint density at radius 3 is 1.38 bits per heavy atom. The molecule has 0 spiro atoms. The van der Waals surface area contributed by atoms with Gasteiger partial charge in [0.2, 0.25) is 0 Å². The number of aliphatic hydroxyl groups is 4. The van der Waals surface area contributed by atoms with E-state index in [0.717, 1.165) is 12.8 Å². The van der Waals surface area contributed by atoms with Crippen molar-refractivity contribution in [1.29, 1.82) is 0 Å². The number of hydrogen-bond donors (Lipinski definition) is 5. The summed E-state index contributed by atoms with van der Waals surface area (Å²) in [7, 11) is 0. The molecule has 0 saturated carbocycles. The summed E-state index contributed by atoms with van der Waals surface area (Å²) in [4.78, 5) is 10.2. The number of carboxylic acid groups (broad SMARTS) is 1. The molecule has 0 aliphatic heterocycles. The van der Waals surface area contributed by atoms with Crippen LogP contribution in [0, 0.1) is 0 Å². The predicted octanol–water partition coefficient (Wildman–Crippen LogP) is 2.71. The van der Waals surface area contributed by atoms with Crippen molar-refractivity contribution in [3.8, 4) is 0 Å². The van der Waals surface area contributed by atoms with Crippen LogP contribution in [-0.4, -0.2) is 56.9 Å². The molecule has 0 aliphatic rings. The van der Waals surface area contributed by atoms with Crippen molar-refractivity contribution < 1.29 is 30.3 Å². The van der Waals surface area contributed by atoms with Crippen LogP contribution in [0.5, 0.6) is 0 Å². The van der Waals surface area contributed by atoms with Crippen LogP contribution in [0.4, 0.5) is 0 Å². The van der Waals surface area contributed by atoms with E-state index >= 15 is 0 Å². The first-order chi connectivity index (χ1) is 11.3. The third kappa shape index (κ3) is 42.9. The molecule has 0 aliphatic carbocycles. The zero-order chi connectivity index (χ0) is 19.2. The van der Waals surface area contributed by atoms with Gasteiger partial charge in [-0.2, -0.15) is 0 Å². The van der Waals surface area contributed by atoms with E-state index in [1.165, 1.54) is 44.9 Å². The lowest BCUT2D eigenvalue weighted by molar-refractivity contribution is -0.137. The Balaban J connectivity index is -0.000000363. The summed E-state index contributed by atoms with van der Waals surface area (Å²) in [6, 6.07) is 0. The van der Waals surface area contributed by atoms with Gasteiger partial charge in [-0.05, 0) is 20.3 Å². The molecule has 0 heterocycles. The maximum absolute atomic E-state index is 10.2. The molecule has 0 fully saturated rings. The Morgan fingerprint density at radius 1 is 0.792 bits per heavy atom. The summed E-state index contributed by atoms with van der Waals surface area (Å²) in [6.45, 7) is 4.94. The minimum atomic E-state index is -0.954. The SMILES string of the molecule is CC(C)O.CCCCCCCCCCCC(=O)O.OCC(O)CO. The van der Waals surface area contributed by atoms with Gasteiger partial charge < -0.3 is 25.5 Å². The number of hydrogen-bond acceptors (Lipinski definition) is 5. The third-order valence-electron chi connectivity index (χ3n) is 2.92. The molecule has 0 atom stereocenters. The van der Waals surface area contributed by atoms with E-state index in [1.54, 1.807) is 13.8 Å². The number of rotatable bonds is 12. The monoisotopic (exact) mass is 352 g/mol. The van der Waals surface area contributed by atoms with E-state index < -0.39 is 12.1 Å². The molecule has 0 bridgehead atoms. The van der Waals surface area contributed by atoms with Gasteiger partial charge in [0.25, 0.3) is 0 Å². The third-order valence-corrected chi connectivity index (χ3v) is 2.92. The highest BCUT2D eigenvalue weighted by Gasteiger charge is 1.96. The van der Waals surface area contributed by atoms with Gasteiger partial charge in [-0.3, -0.25) is 4.79 Å². The second kappa shape index (κ2) is 24.6. The fraction of sp³-hybridized carbons (Fsp3) is 0.944. The molecular formula is C18H40O6. The molecular weight excluding hydrogens is 312 g/mol. The average molecular weight is 353 g/mol. The highest BCUT2D eigenvalue weighted by molar-refractivity contribution is 5.66. The number of aliphatic hydroxyl groups excluding tert-OH is 4. The van der Waals surface area contributed by atoms with Gasteiger partial charge in [0.15, 0.2) is 0 Å². The molecule has 0 amide bonds. The van der Waals surface area contributed by atoms with Crippen molar-refractivity contribution in [3.05, 3.63) is 0 Å². The zero-order valence-electron chi connectivity index (χ0n) is 15.8. The second-order valence-electron chi connectivity index (χ2n) is 6.08. The summed E-state index contributed by atoms with van der Waals surface area (Å²) in [6.07, 6.45) is 10.4. The van der Waals surface area contributed by atoms with E-state index in [2.05, 4.69) is 6.92 Å². The summed E-state index contributed by atoms with van der Waals surface area (Å²) in [5.41, 5.74) is 0. The van der Waals surface area contributed by atoms with Crippen LogP contribution >= 0.6 is 0 Å². The largest absolute Gasteiger partial charge is 0.481 e. The van der Waals surface area contributed by atoms with Crippen molar-refractivity contribution in [2.75, 3.05) is 13.2 Å². The maximum atomic E-state index is 10.2. The Bertz CT molecular complexity index is 227. The van der Waals surface area contributed by atoms with Crippen molar-refractivity contribution in [1.82, 2.24) is 0 Å². The van der Waals surface area contributed by atoms with Gasteiger partial charge in [-0.1, -0.05) is 58.3 Å². The van der Waals surface area contributed by atoms with Gasteiger partial charge in [0, 0.05) is 12.5 Å². The first-order valence-electron chi connectivity index (χ1n) is 9.11. The minimum Gasteiger partial charge on any atom is -0.481 e. The molecule has 0 radical (unpaired) electrons. The van der Waals surface area contributed by atoms with E-state index in [4.69, 9.17) is 25.5 Å². The summed E-state index contributed by atoms with van der Waals surface area (Å²) >= 11 is 0. The lowest BCUT2D eigenvalue weighted by Crippen LogP contribution is -2.15. The normalized spacial score (nSPS) is 10.0. The molecule has 6 nitrogen and oxygen atoms in total. The fourth-order valence-electron chi connectivity index (χ4n) is 1.64. The lowest BCUT2D eigenvalue weighted by Gasteiger charge is -2.00. The quantitative estimate of drug-likeness (QED) is 0.345. The number of carbonyl (C=O) groups is 1.